The van der Waals surface area contributed by atoms with Crippen LogP contribution in [0.15, 0.2) is 78.9 Å². The molecular formula is C26H29NO3. The number of anilines is 1. The van der Waals surface area contributed by atoms with E-state index >= 15 is 0 Å². The molecule has 1 amide bonds. The van der Waals surface area contributed by atoms with Crippen molar-refractivity contribution in [2.75, 3.05) is 11.9 Å². The van der Waals surface area contributed by atoms with Crippen LogP contribution in [0, 0.1) is 6.92 Å². The van der Waals surface area contributed by atoms with Crippen LogP contribution in [-0.4, -0.2) is 18.6 Å². The molecule has 0 saturated carbocycles. The summed E-state index contributed by atoms with van der Waals surface area (Å²) < 4.78 is 11.8. The Labute approximate surface area is 178 Å². The van der Waals surface area contributed by atoms with Gasteiger partial charge in [-0.25, -0.2) is 0 Å². The predicted molar refractivity (Wildman–Crippen MR) is 121 cm³/mol. The molecule has 4 nitrogen and oxygen atoms in total. The molecular weight excluding hydrogens is 374 g/mol. The Bertz CT molecular complexity index is 923. The second-order valence-electron chi connectivity index (χ2n) is 7.25. The number of hydrogen-bond donors (Lipinski definition) is 1. The third-order valence-electron chi connectivity index (χ3n) is 4.82. The Hall–Kier alpha value is -3.27. The number of para-hydroxylation sites is 2. The van der Waals surface area contributed by atoms with Gasteiger partial charge in [-0.15, -0.1) is 0 Å². The molecule has 156 valence electrons. The van der Waals surface area contributed by atoms with E-state index in [1.807, 2.05) is 80.6 Å². The largest absolute Gasteiger partial charge is 0.491 e. The maximum Gasteiger partial charge on any atom is 0.265 e. The van der Waals surface area contributed by atoms with Crippen molar-refractivity contribution >= 4 is 11.6 Å². The van der Waals surface area contributed by atoms with E-state index in [-0.39, 0.29) is 5.91 Å². The van der Waals surface area contributed by atoms with Crippen LogP contribution in [-0.2, 0) is 11.2 Å². The highest BCUT2D eigenvalue weighted by Gasteiger charge is 2.20. The first-order chi connectivity index (χ1) is 14.7. The lowest BCUT2D eigenvalue weighted by Crippen LogP contribution is -2.32. The van der Waals surface area contributed by atoms with E-state index in [1.165, 1.54) is 5.56 Å². The first-order valence-corrected chi connectivity index (χ1v) is 10.5. The van der Waals surface area contributed by atoms with E-state index in [4.69, 9.17) is 9.47 Å². The summed E-state index contributed by atoms with van der Waals surface area (Å²) in [5.74, 6) is 1.18. The lowest BCUT2D eigenvalue weighted by atomic mass is 10.1. The molecule has 4 heteroatoms. The van der Waals surface area contributed by atoms with Gasteiger partial charge in [0.15, 0.2) is 6.10 Å². The van der Waals surface area contributed by atoms with E-state index in [2.05, 4.69) is 17.4 Å². The summed E-state index contributed by atoms with van der Waals surface area (Å²) in [5.41, 5.74) is 3.10. The van der Waals surface area contributed by atoms with Gasteiger partial charge in [0, 0.05) is 0 Å². The average Bonchev–Trinajstić information content (AvgIpc) is 2.78. The molecule has 0 aliphatic heterocycles. The fraction of sp³-hybridized carbons (Fsp3) is 0.269. The van der Waals surface area contributed by atoms with Crippen LogP contribution in [0.3, 0.4) is 0 Å². The summed E-state index contributed by atoms with van der Waals surface area (Å²) in [4.78, 5) is 12.8. The second kappa shape index (κ2) is 11.1. The molecule has 0 aromatic heterocycles. The number of ether oxygens (including phenoxy) is 2. The number of benzene rings is 3. The molecule has 0 heterocycles. The van der Waals surface area contributed by atoms with Crippen LogP contribution in [0.2, 0.25) is 0 Å². The standard InChI is InChI=1S/C26H29NO3/c1-3-24(30-22-17-15-20(2)16-18-22)26(28)27-23-13-7-8-14-25(23)29-19-9-12-21-10-5-4-6-11-21/h4-8,10-11,13-18,24H,3,9,12,19H2,1-2H3,(H,27,28). The van der Waals surface area contributed by atoms with E-state index < -0.39 is 6.10 Å². The minimum atomic E-state index is -0.571. The summed E-state index contributed by atoms with van der Waals surface area (Å²) in [7, 11) is 0. The van der Waals surface area contributed by atoms with Gasteiger partial charge < -0.3 is 14.8 Å². The Kier molecular flexibility index (Phi) is 7.90. The molecule has 1 unspecified atom stereocenters. The number of hydrogen-bond acceptors (Lipinski definition) is 3. The van der Waals surface area contributed by atoms with Crippen LogP contribution < -0.4 is 14.8 Å². The highest BCUT2D eigenvalue weighted by atomic mass is 16.5. The van der Waals surface area contributed by atoms with E-state index in [1.54, 1.807) is 0 Å². The molecule has 3 rings (SSSR count). The third kappa shape index (κ3) is 6.38. The van der Waals surface area contributed by atoms with Crippen molar-refractivity contribution in [3.05, 3.63) is 90.0 Å². The van der Waals surface area contributed by atoms with Crippen LogP contribution in [0.25, 0.3) is 0 Å². The van der Waals surface area contributed by atoms with Gasteiger partial charge in [0.1, 0.15) is 11.5 Å². The molecule has 0 bridgehead atoms. The van der Waals surface area contributed by atoms with E-state index in [0.29, 0.717) is 30.2 Å². The highest BCUT2D eigenvalue weighted by Crippen LogP contribution is 2.25. The topological polar surface area (TPSA) is 47.6 Å². The lowest BCUT2D eigenvalue weighted by molar-refractivity contribution is -0.122. The zero-order valence-electron chi connectivity index (χ0n) is 17.6. The van der Waals surface area contributed by atoms with Gasteiger partial charge in [-0.3, -0.25) is 4.79 Å². The average molecular weight is 404 g/mol. The first kappa shape index (κ1) is 21.4. The molecule has 0 aliphatic rings. The minimum Gasteiger partial charge on any atom is -0.491 e. The molecule has 0 aliphatic carbocycles. The lowest BCUT2D eigenvalue weighted by Gasteiger charge is -2.19. The fourth-order valence-corrected chi connectivity index (χ4v) is 3.12. The van der Waals surface area contributed by atoms with Gasteiger partial charge in [0.2, 0.25) is 0 Å². The SMILES string of the molecule is CCC(Oc1ccc(C)cc1)C(=O)Nc1ccccc1OCCCc1ccccc1. The Morgan fingerprint density at radius 1 is 0.933 bits per heavy atom. The van der Waals surface area contributed by atoms with Crippen molar-refractivity contribution in [3.63, 3.8) is 0 Å². The Morgan fingerprint density at radius 3 is 2.37 bits per heavy atom. The molecule has 1 atom stereocenters. The van der Waals surface area contributed by atoms with Crippen molar-refractivity contribution in [2.45, 2.75) is 39.2 Å². The minimum absolute atomic E-state index is 0.182. The number of carbonyl (C=O) groups excluding carboxylic acids is 1. The summed E-state index contributed by atoms with van der Waals surface area (Å²) in [6.07, 6.45) is 1.86. The number of carbonyl (C=O) groups is 1. The summed E-state index contributed by atoms with van der Waals surface area (Å²) in [6, 6.07) is 25.6. The van der Waals surface area contributed by atoms with Crippen molar-refractivity contribution in [1.82, 2.24) is 0 Å². The molecule has 0 fully saturated rings. The summed E-state index contributed by atoms with van der Waals surface area (Å²) >= 11 is 0. The zero-order valence-corrected chi connectivity index (χ0v) is 17.6. The van der Waals surface area contributed by atoms with Crippen molar-refractivity contribution in [1.29, 1.82) is 0 Å². The monoisotopic (exact) mass is 403 g/mol. The maximum atomic E-state index is 12.8. The second-order valence-corrected chi connectivity index (χ2v) is 7.25. The van der Waals surface area contributed by atoms with Crippen molar-refractivity contribution in [3.8, 4) is 11.5 Å². The number of amides is 1. The van der Waals surface area contributed by atoms with Gasteiger partial charge in [-0.2, -0.15) is 0 Å². The molecule has 0 radical (unpaired) electrons. The normalized spacial score (nSPS) is 11.5. The Balaban J connectivity index is 1.55. The van der Waals surface area contributed by atoms with Gasteiger partial charge in [0.25, 0.3) is 5.91 Å². The highest BCUT2D eigenvalue weighted by molar-refractivity contribution is 5.95. The van der Waals surface area contributed by atoms with Gasteiger partial charge in [-0.1, -0.05) is 67.1 Å². The number of rotatable bonds is 10. The maximum absolute atomic E-state index is 12.8. The van der Waals surface area contributed by atoms with Crippen molar-refractivity contribution in [2.24, 2.45) is 0 Å². The van der Waals surface area contributed by atoms with Gasteiger partial charge in [0.05, 0.1) is 12.3 Å². The zero-order chi connectivity index (χ0) is 21.2. The Morgan fingerprint density at radius 2 is 1.63 bits per heavy atom. The molecule has 30 heavy (non-hydrogen) atoms. The summed E-state index contributed by atoms with van der Waals surface area (Å²) in [5, 5.41) is 2.96. The van der Waals surface area contributed by atoms with E-state index in [0.717, 1.165) is 18.4 Å². The molecule has 3 aromatic rings. The molecule has 1 N–H and O–H groups in total. The van der Waals surface area contributed by atoms with Crippen LogP contribution in [0.1, 0.15) is 30.9 Å². The molecule has 0 spiro atoms. The number of nitrogens with one attached hydrogen (secondary N) is 1. The van der Waals surface area contributed by atoms with E-state index in [9.17, 15) is 4.79 Å². The van der Waals surface area contributed by atoms with Crippen molar-refractivity contribution < 1.29 is 14.3 Å². The quantitative estimate of drug-likeness (QED) is 0.435. The predicted octanol–water partition coefficient (Wildman–Crippen LogP) is 5.80. The summed E-state index contributed by atoms with van der Waals surface area (Å²) in [6.45, 7) is 4.54. The first-order valence-electron chi connectivity index (χ1n) is 10.5. The van der Waals surface area contributed by atoms with Crippen LogP contribution in [0.4, 0.5) is 5.69 Å². The smallest absolute Gasteiger partial charge is 0.265 e. The molecule has 3 aromatic carbocycles. The van der Waals surface area contributed by atoms with Crippen LogP contribution >= 0.6 is 0 Å². The fourth-order valence-electron chi connectivity index (χ4n) is 3.12. The third-order valence-corrected chi connectivity index (χ3v) is 4.82. The van der Waals surface area contributed by atoms with Gasteiger partial charge in [-0.05, 0) is 56.0 Å². The molecule has 0 saturated heterocycles. The van der Waals surface area contributed by atoms with Gasteiger partial charge >= 0.3 is 0 Å². The van der Waals surface area contributed by atoms with Crippen LogP contribution in [0.5, 0.6) is 11.5 Å². The number of aryl methyl sites for hydroxylation is 2.